The van der Waals surface area contributed by atoms with E-state index in [1.165, 1.54) is 4.68 Å². The van der Waals surface area contributed by atoms with Crippen molar-refractivity contribution in [1.82, 2.24) is 9.78 Å². The SMILES string of the molecule is CCOc1ccc(-n2nc(C(F)F)c(CO)c2Cl)cc1. The zero-order chi connectivity index (χ0) is 14.7. The van der Waals surface area contributed by atoms with Crippen molar-refractivity contribution >= 4 is 11.6 Å². The van der Waals surface area contributed by atoms with Gasteiger partial charge in [0.25, 0.3) is 6.43 Å². The Kier molecular flexibility index (Phi) is 4.57. The number of hydrogen-bond donors (Lipinski definition) is 1. The molecule has 2 aromatic rings. The van der Waals surface area contributed by atoms with Crippen molar-refractivity contribution in [1.29, 1.82) is 0 Å². The summed E-state index contributed by atoms with van der Waals surface area (Å²) in [5, 5.41) is 12.9. The fourth-order valence-electron chi connectivity index (χ4n) is 1.79. The lowest BCUT2D eigenvalue weighted by atomic mass is 10.2. The molecule has 0 aliphatic carbocycles. The van der Waals surface area contributed by atoms with Crippen LogP contribution in [0.2, 0.25) is 5.15 Å². The van der Waals surface area contributed by atoms with Crippen molar-refractivity contribution in [2.24, 2.45) is 0 Å². The van der Waals surface area contributed by atoms with Gasteiger partial charge in [-0.2, -0.15) is 5.10 Å². The number of aliphatic hydroxyl groups is 1. The summed E-state index contributed by atoms with van der Waals surface area (Å²) in [5.41, 5.74) is -0.0537. The Morgan fingerprint density at radius 1 is 1.35 bits per heavy atom. The number of alkyl halides is 2. The van der Waals surface area contributed by atoms with Gasteiger partial charge in [-0.1, -0.05) is 11.6 Å². The zero-order valence-corrected chi connectivity index (χ0v) is 11.4. The van der Waals surface area contributed by atoms with Crippen LogP contribution in [0.1, 0.15) is 24.6 Å². The van der Waals surface area contributed by atoms with E-state index in [4.69, 9.17) is 21.4 Å². The molecule has 2 rings (SSSR count). The van der Waals surface area contributed by atoms with Crippen molar-refractivity contribution in [2.45, 2.75) is 20.0 Å². The molecular formula is C13H13ClF2N2O2. The molecule has 7 heteroatoms. The highest BCUT2D eigenvalue weighted by atomic mass is 35.5. The number of halogens is 3. The van der Waals surface area contributed by atoms with Crippen molar-refractivity contribution in [2.75, 3.05) is 6.61 Å². The first-order chi connectivity index (χ1) is 9.58. The van der Waals surface area contributed by atoms with Crippen LogP contribution in [0.15, 0.2) is 24.3 Å². The first-order valence-electron chi connectivity index (χ1n) is 5.98. The normalized spacial score (nSPS) is 11.1. The lowest BCUT2D eigenvalue weighted by Gasteiger charge is -2.06. The zero-order valence-electron chi connectivity index (χ0n) is 10.7. The van der Waals surface area contributed by atoms with Gasteiger partial charge in [0.1, 0.15) is 16.6 Å². The number of benzene rings is 1. The minimum atomic E-state index is -2.79. The van der Waals surface area contributed by atoms with E-state index in [2.05, 4.69) is 5.10 Å². The average Bonchev–Trinajstić information content (AvgIpc) is 2.77. The summed E-state index contributed by atoms with van der Waals surface area (Å²) >= 11 is 5.99. The van der Waals surface area contributed by atoms with Crippen LogP contribution >= 0.6 is 11.6 Å². The lowest BCUT2D eigenvalue weighted by molar-refractivity contribution is 0.141. The van der Waals surface area contributed by atoms with Crippen LogP contribution in [0.3, 0.4) is 0 Å². The average molecular weight is 303 g/mol. The Labute approximate surface area is 119 Å². The van der Waals surface area contributed by atoms with Gasteiger partial charge in [0.15, 0.2) is 0 Å². The predicted molar refractivity (Wildman–Crippen MR) is 70.6 cm³/mol. The highest BCUT2D eigenvalue weighted by Crippen LogP contribution is 2.30. The van der Waals surface area contributed by atoms with E-state index >= 15 is 0 Å². The molecule has 0 aliphatic heterocycles. The second-order valence-corrected chi connectivity index (χ2v) is 4.31. The highest BCUT2D eigenvalue weighted by molar-refractivity contribution is 6.30. The van der Waals surface area contributed by atoms with Gasteiger partial charge in [-0.15, -0.1) is 0 Å². The minimum absolute atomic E-state index is 0.0213. The molecule has 20 heavy (non-hydrogen) atoms. The number of rotatable bonds is 5. The molecule has 0 spiro atoms. The Hall–Kier alpha value is -1.66. The largest absolute Gasteiger partial charge is 0.494 e. The monoisotopic (exact) mass is 302 g/mol. The Morgan fingerprint density at radius 3 is 2.45 bits per heavy atom. The molecule has 0 saturated carbocycles. The molecule has 1 aromatic carbocycles. The van der Waals surface area contributed by atoms with E-state index in [1.54, 1.807) is 24.3 Å². The maximum absolute atomic E-state index is 12.8. The summed E-state index contributed by atoms with van der Waals surface area (Å²) in [6.07, 6.45) is -2.79. The van der Waals surface area contributed by atoms with Gasteiger partial charge < -0.3 is 9.84 Å². The van der Waals surface area contributed by atoms with Crippen LogP contribution in [-0.4, -0.2) is 21.5 Å². The third-order valence-electron chi connectivity index (χ3n) is 2.71. The van der Waals surface area contributed by atoms with Gasteiger partial charge in [0.2, 0.25) is 0 Å². The van der Waals surface area contributed by atoms with Crippen molar-refractivity contribution in [3.63, 3.8) is 0 Å². The summed E-state index contributed by atoms with van der Waals surface area (Å²) in [5.74, 6) is 0.663. The third-order valence-corrected chi connectivity index (χ3v) is 3.10. The van der Waals surface area contributed by atoms with Crippen molar-refractivity contribution in [3.8, 4) is 11.4 Å². The van der Waals surface area contributed by atoms with E-state index in [0.29, 0.717) is 18.0 Å². The number of nitrogens with zero attached hydrogens (tertiary/aromatic N) is 2. The smallest absolute Gasteiger partial charge is 0.282 e. The highest BCUT2D eigenvalue weighted by Gasteiger charge is 2.23. The molecular weight excluding hydrogens is 290 g/mol. The molecule has 0 atom stereocenters. The molecule has 4 nitrogen and oxygen atoms in total. The van der Waals surface area contributed by atoms with Crippen LogP contribution in [0.4, 0.5) is 8.78 Å². The molecule has 0 unspecified atom stereocenters. The summed E-state index contributed by atoms with van der Waals surface area (Å²) in [4.78, 5) is 0. The van der Waals surface area contributed by atoms with Crippen LogP contribution in [0.5, 0.6) is 5.75 Å². The maximum atomic E-state index is 12.8. The predicted octanol–water partition coefficient (Wildman–Crippen LogP) is 3.35. The third kappa shape index (κ3) is 2.76. The maximum Gasteiger partial charge on any atom is 0.282 e. The first kappa shape index (κ1) is 14.7. The van der Waals surface area contributed by atoms with Crippen LogP contribution in [0, 0.1) is 0 Å². The van der Waals surface area contributed by atoms with Gasteiger partial charge in [-0.25, -0.2) is 13.5 Å². The van der Waals surface area contributed by atoms with Crippen molar-refractivity contribution < 1.29 is 18.6 Å². The summed E-state index contributed by atoms with van der Waals surface area (Å²) in [7, 11) is 0. The van der Waals surface area contributed by atoms with E-state index in [0.717, 1.165) is 0 Å². The summed E-state index contributed by atoms with van der Waals surface area (Å²) in [6.45, 7) is 1.81. The molecule has 1 N–H and O–H groups in total. The van der Waals surface area contributed by atoms with Gasteiger partial charge in [0.05, 0.1) is 18.9 Å². The summed E-state index contributed by atoms with van der Waals surface area (Å²) in [6, 6.07) is 6.69. The van der Waals surface area contributed by atoms with Crippen LogP contribution in [-0.2, 0) is 6.61 Å². The number of ether oxygens (including phenoxy) is 1. The molecule has 1 aromatic heterocycles. The van der Waals surface area contributed by atoms with Gasteiger partial charge in [-0.3, -0.25) is 0 Å². The second kappa shape index (κ2) is 6.19. The van der Waals surface area contributed by atoms with Gasteiger partial charge >= 0.3 is 0 Å². The van der Waals surface area contributed by atoms with Gasteiger partial charge in [-0.05, 0) is 31.2 Å². The van der Waals surface area contributed by atoms with E-state index in [-0.39, 0.29) is 10.7 Å². The topological polar surface area (TPSA) is 47.3 Å². The molecule has 0 amide bonds. The van der Waals surface area contributed by atoms with Crippen molar-refractivity contribution in [3.05, 3.63) is 40.7 Å². The van der Waals surface area contributed by atoms with E-state index in [9.17, 15) is 8.78 Å². The molecule has 0 radical (unpaired) electrons. The lowest BCUT2D eigenvalue weighted by Crippen LogP contribution is -1.98. The molecule has 0 saturated heterocycles. The molecule has 1 heterocycles. The standard InChI is InChI=1S/C13H13ClF2N2O2/c1-2-20-9-5-3-8(4-6-9)18-12(14)10(7-19)11(17-18)13(15)16/h3-6,13,19H,2,7H2,1H3. The van der Waals surface area contributed by atoms with E-state index in [1.807, 2.05) is 6.92 Å². The Morgan fingerprint density at radius 2 is 2.00 bits per heavy atom. The fraction of sp³-hybridized carbons (Fsp3) is 0.308. The van der Waals surface area contributed by atoms with Crippen LogP contribution in [0.25, 0.3) is 5.69 Å². The van der Waals surface area contributed by atoms with Crippen LogP contribution < -0.4 is 4.74 Å². The molecule has 0 aliphatic rings. The number of hydrogen-bond acceptors (Lipinski definition) is 3. The van der Waals surface area contributed by atoms with E-state index < -0.39 is 18.7 Å². The van der Waals surface area contributed by atoms with Gasteiger partial charge in [0, 0.05) is 5.56 Å². The quantitative estimate of drug-likeness (QED) is 0.921. The Bertz CT molecular complexity index is 585. The number of aromatic nitrogens is 2. The summed E-state index contributed by atoms with van der Waals surface area (Å²) < 4.78 is 32.1. The second-order valence-electron chi connectivity index (χ2n) is 3.95. The molecule has 108 valence electrons. The number of aliphatic hydroxyl groups excluding tert-OH is 1. The fourth-order valence-corrected chi connectivity index (χ4v) is 2.08. The minimum Gasteiger partial charge on any atom is -0.494 e. The molecule has 0 fully saturated rings. The Balaban J connectivity index is 2.42. The molecule has 0 bridgehead atoms. The first-order valence-corrected chi connectivity index (χ1v) is 6.35.